The van der Waals surface area contributed by atoms with Crippen LogP contribution in [0, 0.1) is 0 Å². The normalized spacial score (nSPS) is 11.8. The molecule has 1 heterocycles. The Kier molecular flexibility index (Phi) is 4.25. The molecule has 4 nitrogen and oxygen atoms in total. The largest absolute Gasteiger partial charge is 0.361 e. The Labute approximate surface area is 115 Å². The van der Waals surface area contributed by atoms with E-state index in [-0.39, 0.29) is 0 Å². The van der Waals surface area contributed by atoms with Crippen molar-refractivity contribution in [3.63, 3.8) is 0 Å². The van der Waals surface area contributed by atoms with Crippen molar-refractivity contribution in [2.24, 2.45) is 4.99 Å². The first-order chi connectivity index (χ1) is 8.74. The third-order valence-electron chi connectivity index (χ3n) is 2.88. The zero-order valence-electron chi connectivity index (χ0n) is 10.5. The minimum atomic E-state index is 0.816. The highest BCUT2D eigenvalue weighted by Crippen LogP contribution is 2.22. The second-order valence-electron chi connectivity index (χ2n) is 4.00. The van der Waals surface area contributed by atoms with E-state index in [0.29, 0.717) is 0 Å². The maximum atomic E-state index is 4.08. The molecular weight excluding hydrogens is 292 g/mol. The van der Waals surface area contributed by atoms with Crippen molar-refractivity contribution in [1.82, 2.24) is 15.6 Å². The molecule has 1 aromatic carbocycles. The Morgan fingerprint density at radius 1 is 1.44 bits per heavy atom. The number of aromatic amines is 1. The topological polar surface area (TPSA) is 52.2 Å². The van der Waals surface area contributed by atoms with Crippen LogP contribution in [-0.4, -0.2) is 31.6 Å². The molecule has 0 spiro atoms. The molecule has 0 saturated carbocycles. The first kappa shape index (κ1) is 13.0. The number of benzene rings is 1. The number of fused-ring (bicyclic) bond motifs is 1. The third kappa shape index (κ3) is 2.85. The van der Waals surface area contributed by atoms with Gasteiger partial charge in [-0.25, -0.2) is 0 Å². The highest BCUT2D eigenvalue weighted by Gasteiger charge is 2.04. The van der Waals surface area contributed by atoms with Crippen LogP contribution < -0.4 is 10.6 Å². The van der Waals surface area contributed by atoms with Crippen molar-refractivity contribution in [3.8, 4) is 0 Å². The maximum Gasteiger partial charge on any atom is 0.190 e. The first-order valence-corrected chi connectivity index (χ1v) is 6.68. The fourth-order valence-electron chi connectivity index (χ4n) is 1.95. The smallest absolute Gasteiger partial charge is 0.190 e. The highest BCUT2D eigenvalue weighted by atomic mass is 79.9. The molecule has 0 bridgehead atoms. The third-order valence-corrected chi connectivity index (χ3v) is 3.37. The quantitative estimate of drug-likeness (QED) is 0.602. The van der Waals surface area contributed by atoms with Crippen LogP contribution in [0.3, 0.4) is 0 Å². The van der Waals surface area contributed by atoms with Crippen molar-refractivity contribution in [3.05, 3.63) is 34.4 Å². The Hall–Kier alpha value is -1.49. The van der Waals surface area contributed by atoms with E-state index < -0.39 is 0 Å². The van der Waals surface area contributed by atoms with Crippen LogP contribution in [0.1, 0.15) is 5.56 Å². The Bertz CT molecular complexity index is 559. The molecule has 96 valence electrons. The summed E-state index contributed by atoms with van der Waals surface area (Å²) < 4.78 is 1.11. The van der Waals surface area contributed by atoms with Gasteiger partial charge in [0.05, 0.1) is 0 Å². The molecule has 0 unspecified atom stereocenters. The zero-order valence-corrected chi connectivity index (χ0v) is 12.1. The molecule has 0 saturated heterocycles. The van der Waals surface area contributed by atoms with Crippen molar-refractivity contribution < 1.29 is 0 Å². The number of guanidine groups is 1. The van der Waals surface area contributed by atoms with Crippen molar-refractivity contribution in [2.75, 3.05) is 20.6 Å². The van der Waals surface area contributed by atoms with Gasteiger partial charge in [0.25, 0.3) is 0 Å². The van der Waals surface area contributed by atoms with Crippen LogP contribution in [0.15, 0.2) is 33.9 Å². The number of aromatic nitrogens is 1. The van der Waals surface area contributed by atoms with Crippen LogP contribution in [0.2, 0.25) is 0 Å². The summed E-state index contributed by atoms with van der Waals surface area (Å²) in [5, 5.41) is 7.52. The fraction of sp³-hybridized carbons (Fsp3) is 0.308. The predicted octanol–water partition coefficient (Wildman–Crippen LogP) is 2.27. The number of rotatable bonds is 3. The van der Waals surface area contributed by atoms with E-state index in [2.05, 4.69) is 54.9 Å². The van der Waals surface area contributed by atoms with Gasteiger partial charge in [-0.3, -0.25) is 4.99 Å². The Morgan fingerprint density at radius 2 is 2.28 bits per heavy atom. The molecule has 3 N–H and O–H groups in total. The molecule has 2 aromatic rings. The molecule has 2 rings (SSSR count). The number of nitrogens with one attached hydrogen (secondary N) is 3. The summed E-state index contributed by atoms with van der Waals surface area (Å²) in [5.74, 6) is 0.816. The molecule has 0 aliphatic rings. The van der Waals surface area contributed by atoms with Gasteiger partial charge in [0.1, 0.15) is 0 Å². The summed E-state index contributed by atoms with van der Waals surface area (Å²) in [4.78, 5) is 7.37. The van der Waals surface area contributed by atoms with E-state index in [1.165, 1.54) is 16.5 Å². The van der Waals surface area contributed by atoms with Gasteiger partial charge in [-0.1, -0.05) is 15.9 Å². The number of H-pyrrole nitrogens is 1. The molecule has 0 aliphatic heterocycles. The minimum absolute atomic E-state index is 0.816. The number of hydrogen-bond acceptors (Lipinski definition) is 1. The van der Waals surface area contributed by atoms with E-state index in [4.69, 9.17) is 0 Å². The Balaban J connectivity index is 2.06. The van der Waals surface area contributed by atoms with Gasteiger partial charge >= 0.3 is 0 Å². The second kappa shape index (κ2) is 5.91. The van der Waals surface area contributed by atoms with Gasteiger partial charge in [-0.05, 0) is 30.2 Å². The van der Waals surface area contributed by atoms with Gasteiger partial charge in [0.15, 0.2) is 5.96 Å². The lowest BCUT2D eigenvalue weighted by Crippen LogP contribution is -2.35. The average Bonchev–Trinajstić information content (AvgIpc) is 2.77. The van der Waals surface area contributed by atoms with Crippen LogP contribution >= 0.6 is 15.9 Å². The number of halogens is 1. The molecule has 0 atom stereocenters. The molecule has 18 heavy (non-hydrogen) atoms. The summed E-state index contributed by atoms with van der Waals surface area (Å²) in [5.41, 5.74) is 2.48. The van der Waals surface area contributed by atoms with E-state index in [1.54, 1.807) is 7.05 Å². The van der Waals surface area contributed by atoms with Crippen LogP contribution in [0.25, 0.3) is 10.9 Å². The number of hydrogen-bond donors (Lipinski definition) is 3. The van der Waals surface area contributed by atoms with E-state index in [0.717, 1.165) is 23.4 Å². The SMILES string of the molecule is CN=C(NC)NCCc1c[nH]c2ccc(Br)cc12. The molecule has 0 radical (unpaired) electrons. The van der Waals surface area contributed by atoms with E-state index in [1.807, 2.05) is 13.1 Å². The first-order valence-electron chi connectivity index (χ1n) is 5.88. The second-order valence-corrected chi connectivity index (χ2v) is 4.92. The average molecular weight is 309 g/mol. The molecular formula is C13H17BrN4. The van der Waals surface area contributed by atoms with Crippen molar-refractivity contribution in [2.45, 2.75) is 6.42 Å². The summed E-state index contributed by atoms with van der Waals surface area (Å²) in [6.07, 6.45) is 3.03. The summed E-state index contributed by atoms with van der Waals surface area (Å²) >= 11 is 3.51. The van der Waals surface area contributed by atoms with E-state index in [9.17, 15) is 0 Å². The molecule has 5 heteroatoms. The Morgan fingerprint density at radius 3 is 3.00 bits per heavy atom. The van der Waals surface area contributed by atoms with Gasteiger partial charge in [-0.15, -0.1) is 0 Å². The van der Waals surface area contributed by atoms with Gasteiger partial charge < -0.3 is 15.6 Å². The molecule has 0 amide bonds. The lowest BCUT2D eigenvalue weighted by Gasteiger charge is -2.07. The molecule has 0 fully saturated rings. The predicted molar refractivity (Wildman–Crippen MR) is 80.1 cm³/mol. The lowest BCUT2D eigenvalue weighted by atomic mass is 10.1. The standard InChI is InChI=1S/C13H17BrN4/c1-15-13(16-2)17-6-5-9-8-18-12-4-3-10(14)7-11(9)12/h3-4,7-8,18H,5-6H2,1-2H3,(H2,15,16,17). The van der Waals surface area contributed by atoms with Gasteiger partial charge in [0, 0.05) is 42.2 Å². The van der Waals surface area contributed by atoms with Gasteiger partial charge in [0.2, 0.25) is 0 Å². The highest BCUT2D eigenvalue weighted by molar-refractivity contribution is 9.10. The lowest BCUT2D eigenvalue weighted by molar-refractivity contribution is 0.837. The van der Waals surface area contributed by atoms with Crippen LogP contribution in [0.4, 0.5) is 0 Å². The maximum absolute atomic E-state index is 4.08. The van der Waals surface area contributed by atoms with Gasteiger partial charge in [-0.2, -0.15) is 0 Å². The summed E-state index contributed by atoms with van der Waals surface area (Å²) in [6.45, 7) is 0.854. The zero-order chi connectivity index (χ0) is 13.0. The number of nitrogens with zero attached hydrogens (tertiary/aromatic N) is 1. The van der Waals surface area contributed by atoms with E-state index >= 15 is 0 Å². The fourth-order valence-corrected chi connectivity index (χ4v) is 2.31. The van der Waals surface area contributed by atoms with Crippen molar-refractivity contribution in [1.29, 1.82) is 0 Å². The van der Waals surface area contributed by atoms with Crippen LogP contribution in [0.5, 0.6) is 0 Å². The van der Waals surface area contributed by atoms with Crippen molar-refractivity contribution >= 4 is 32.8 Å². The molecule has 1 aromatic heterocycles. The van der Waals surface area contributed by atoms with Crippen LogP contribution in [-0.2, 0) is 6.42 Å². The number of aliphatic imine (C=N–C) groups is 1. The summed E-state index contributed by atoms with van der Waals surface area (Å²) in [6, 6.07) is 6.28. The summed E-state index contributed by atoms with van der Waals surface area (Å²) in [7, 11) is 3.62. The molecule has 0 aliphatic carbocycles. The monoisotopic (exact) mass is 308 g/mol. The minimum Gasteiger partial charge on any atom is -0.361 e.